The van der Waals surface area contributed by atoms with Gasteiger partial charge in [0, 0.05) is 6.54 Å². The van der Waals surface area contributed by atoms with Crippen LogP contribution in [0, 0.1) is 5.41 Å². The van der Waals surface area contributed by atoms with Crippen LogP contribution in [0.2, 0.25) is 0 Å². The number of imidazole rings is 1. The Morgan fingerprint density at radius 3 is 2.43 bits per heavy atom. The molecule has 1 heterocycles. The van der Waals surface area contributed by atoms with Crippen molar-refractivity contribution in [2.24, 2.45) is 5.41 Å². The Labute approximate surface area is 132 Å². The van der Waals surface area contributed by atoms with Crippen molar-refractivity contribution in [3.05, 3.63) is 24.0 Å². The average Bonchev–Trinajstić information content (AvgIpc) is 2.67. The third kappa shape index (κ3) is 3.70. The zero-order valence-corrected chi connectivity index (χ0v) is 14.5. The van der Waals surface area contributed by atoms with Crippen LogP contribution in [0.25, 0.3) is 11.0 Å². The lowest BCUT2D eigenvalue weighted by atomic mass is 9.96. The Morgan fingerprint density at radius 2 is 1.90 bits per heavy atom. The third-order valence-electron chi connectivity index (χ3n) is 3.12. The number of benzene rings is 1. The summed E-state index contributed by atoms with van der Waals surface area (Å²) < 4.78 is 8.11. The van der Waals surface area contributed by atoms with Crippen LogP contribution >= 0.6 is 11.6 Å². The van der Waals surface area contributed by atoms with Crippen molar-refractivity contribution in [2.45, 2.75) is 59.6 Å². The molecule has 4 heteroatoms. The predicted octanol–water partition coefficient (Wildman–Crippen LogP) is 5.17. The van der Waals surface area contributed by atoms with Crippen LogP contribution in [-0.2, 0) is 6.54 Å². The molecule has 116 valence electrons. The van der Waals surface area contributed by atoms with Crippen molar-refractivity contribution in [3.63, 3.8) is 0 Å². The average molecular weight is 309 g/mol. The molecule has 0 aliphatic rings. The molecule has 0 fully saturated rings. The molecule has 1 aromatic carbocycles. The molecular weight excluding hydrogens is 284 g/mol. The van der Waals surface area contributed by atoms with Crippen molar-refractivity contribution >= 4 is 22.6 Å². The molecule has 0 bridgehead atoms. The Bertz CT molecular complexity index is 623. The van der Waals surface area contributed by atoms with Gasteiger partial charge in [0.05, 0.1) is 17.0 Å². The van der Waals surface area contributed by atoms with Gasteiger partial charge >= 0.3 is 0 Å². The fraction of sp³-hybridized carbons (Fsp3) is 0.588. The lowest BCUT2D eigenvalue weighted by Crippen LogP contribution is -2.17. The summed E-state index contributed by atoms with van der Waals surface area (Å²) in [4.78, 5) is 4.76. The van der Waals surface area contributed by atoms with Crippen molar-refractivity contribution in [2.75, 3.05) is 0 Å². The quantitative estimate of drug-likeness (QED) is 0.729. The van der Waals surface area contributed by atoms with Crippen LogP contribution in [0.15, 0.2) is 18.2 Å². The number of hydrogen-bond donors (Lipinski definition) is 0. The second kappa shape index (κ2) is 5.88. The van der Waals surface area contributed by atoms with Gasteiger partial charge in [-0.2, -0.15) is 0 Å². The summed E-state index contributed by atoms with van der Waals surface area (Å²) in [6.07, 6.45) is 0.125. The van der Waals surface area contributed by atoms with Crippen LogP contribution < -0.4 is 4.74 Å². The maximum Gasteiger partial charge on any atom is 0.147 e. The number of alkyl halides is 1. The number of rotatable bonds is 4. The minimum absolute atomic E-state index is 0.125. The van der Waals surface area contributed by atoms with Gasteiger partial charge in [-0.25, -0.2) is 4.98 Å². The predicted molar refractivity (Wildman–Crippen MR) is 89.2 cm³/mol. The third-order valence-corrected chi connectivity index (χ3v) is 3.32. The zero-order valence-electron chi connectivity index (χ0n) is 13.8. The molecule has 0 radical (unpaired) electrons. The normalized spacial score (nSPS) is 13.9. The first kappa shape index (κ1) is 16.2. The number of fused-ring (bicyclic) bond motifs is 1. The van der Waals surface area contributed by atoms with Crippen LogP contribution in [0.3, 0.4) is 0 Å². The highest BCUT2D eigenvalue weighted by Gasteiger charge is 2.21. The van der Waals surface area contributed by atoms with Gasteiger partial charge < -0.3 is 9.30 Å². The molecule has 1 unspecified atom stereocenters. The van der Waals surface area contributed by atoms with E-state index in [1.54, 1.807) is 0 Å². The Balaban J connectivity index is 2.62. The van der Waals surface area contributed by atoms with E-state index in [2.05, 4.69) is 31.4 Å². The summed E-state index contributed by atoms with van der Waals surface area (Å²) in [5.41, 5.74) is 2.15. The van der Waals surface area contributed by atoms with Crippen molar-refractivity contribution in [3.8, 4) is 5.75 Å². The van der Waals surface area contributed by atoms with Gasteiger partial charge in [-0.1, -0.05) is 26.8 Å². The smallest absolute Gasteiger partial charge is 0.147 e. The molecule has 1 aromatic heterocycles. The lowest BCUT2D eigenvalue weighted by Gasteiger charge is -2.22. The highest BCUT2D eigenvalue weighted by atomic mass is 35.5. The SMILES string of the molecule is CC(C)Oc1cccc2c1nc(C(C)Cl)n2CC(C)(C)C. The monoisotopic (exact) mass is 308 g/mol. The van der Waals surface area contributed by atoms with Crippen LogP contribution in [-0.4, -0.2) is 15.7 Å². The van der Waals surface area contributed by atoms with E-state index in [1.165, 1.54) is 0 Å². The van der Waals surface area contributed by atoms with Crippen LogP contribution in [0.5, 0.6) is 5.75 Å². The number of aromatic nitrogens is 2. The fourth-order valence-corrected chi connectivity index (χ4v) is 2.60. The summed E-state index contributed by atoms with van der Waals surface area (Å²) in [7, 11) is 0. The molecule has 21 heavy (non-hydrogen) atoms. The molecule has 2 rings (SSSR count). The van der Waals surface area contributed by atoms with E-state index < -0.39 is 0 Å². The summed E-state index contributed by atoms with van der Waals surface area (Å²) >= 11 is 6.34. The first-order valence-corrected chi connectivity index (χ1v) is 7.92. The van der Waals surface area contributed by atoms with Gasteiger partial charge in [0.25, 0.3) is 0 Å². The number of para-hydroxylation sites is 1. The van der Waals surface area contributed by atoms with Crippen LogP contribution in [0.1, 0.15) is 52.7 Å². The highest BCUT2D eigenvalue weighted by molar-refractivity contribution is 6.20. The summed E-state index contributed by atoms with van der Waals surface area (Å²) in [5.74, 6) is 1.73. The van der Waals surface area contributed by atoms with Gasteiger partial charge in [0.1, 0.15) is 17.1 Å². The Kier molecular flexibility index (Phi) is 4.52. The van der Waals surface area contributed by atoms with E-state index in [4.69, 9.17) is 21.3 Å². The Morgan fingerprint density at radius 1 is 1.24 bits per heavy atom. The largest absolute Gasteiger partial charge is 0.489 e. The minimum atomic E-state index is -0.133. The molecule has 0 saturated carbocycles. The molecule has 0 aliphatic carbocycles. The standard InChI is InChI=1S/C17H25ClN2O/c1-11(2)21-14-9-7-8-13-15(14)19-16(12(3)18)20(13)10-17(4,5)6/h7-9,11-12H,10H2,1-6H3. The molecule has 0 saturated heterocycles. The lowest BCUT2D eigenvalue weighted by molar-refractivity contribution is 0.245. The number of halogens is 1. The van der Waals surface area contributed by atoms with Gasteiger partial charge in [-0.15, -0.1) is 11.6 Å². The van der Waals surface area contributed by atoms with Crippen molar-refractivity contribution in [1.82, 2.24) is 9.55 Å². The van der Waals surface area contributed by atoms with E-state index in [9.17, 15) is 0 Å². The molecule has 0 amide bonds. The number of nitrogens with zero attached hydrogens (tertiary/aromatic N) is 2. The van der Waals surface area contributed by atoms with E-state index in [1.807, 2.05) is 32.9 Å². The summed E-state index contributed by atoms with van der Waals surface area (Å²) in [6.45, 7) is 13.5. The molecule has 3 nitrogen and oxygen atoms in total. The van der Waals surface area contributed by atoms with Gasteiger partial charge in [0.15, 0.2) is 0 Å². The second-order valence-electron chi connectivity index (χ2n) is 7.02. The molecule has 0 spiro atoms. The van der Waals surface area contributed by atoms with Gasteiger partial charge in [-0.05, 0) is 38.3 Å². The van der Waals surface area contributed by atoms with Crippen LogP contribution in [0.4, 0.5) is 0 Å². The highest BCUT2D eigenvalue weighted by Crippen LogP contribution is 2.32. The van der Waals surface area contributed by atoms with Gasteiger partial charge in [0.2, 0.25) is 0 Å². The molecule has 0 N–H and O–H groups in total. The maximum atomic E-state index is 6.34. The van der Waals surface area contributed by atoms with E-state index in [0.717, 1.165) is 29.2 Å². The van der Waals surface area contributed by atoms with Gasteiger partial charge in [-0.3, -0.25) is 0 Å². The summed E-state index contributed by atoms with van der Waals surface area (Å²) in [5, 5.41) is -0.133. The van der Waals surface area contributed by atoms with E-state index in [-0.39, 0.29) is 16.9 Å². The van der Waals surface area contributed by atoms with E-state index in [0.29, 0.717) is 0 Å². The fourth-order valence-electron chi connectivity index (χ4n) is 2.43. The first-order valence-electron chi connectivity index (χ1n) is 7.49. The molecule has 2 aromatic rings. The number of hydrogen-bond acceptors (Lipinski definition) is 2. The minimum Gasteiger partial charge on any atom is -0.489 e. The second-order valence-corrected chi connectivity index (χ2v) is 7.68. The first-order chi connectivity index (χ1) is 9.69. The Hall–Kier alpha value is -1.22. The van der Waals surface area contributed by atoms with E-state index >= 15 is 0 Å². The van der Waals surface area contributed by atoms with Crippen molar-refractivity contribution < 1.29 is 4.74 Å². The molecular formula is C17H25ClN2O. The number of ether oxygens (including phenoxy) is 1. The molecule has 0 aliphatic heterocycles. The maximum absolute atomic E-state index is 6.34. The topological polar surface area (TPSA) is 27.1 Å². The zero-order chi connectivity index (χ0) is 15.8. The summed E-state index contributed by atoms with van der Waals surface area (Å²) in [6, 6.07) is 6.08. The molecule has 1 atom stereocenters. The van der Waals surface area contributed by atoms with Crippen molar-refractivity contribution in [1.29, 1.82) is 0 Å².